The van der Waals surface area contributed by atoms with E-state index in [9.17, 15) is 0 Å². The fourth-order valence-corrected chi connectivity index (χ4v) is 2.78. The van der Waals surface area contributed by atoms with Crippen LogP contribution in [0.3, 0.4) is 0 Å². The Morgan fingerprint density at radius 3 is 2.55 bits per heavy atom. The van der Waals surface area contributed by atoms with Crippen molar-refractivity contribution in [2.45, 2.75) is 20.7 Å². The minimum Gasteiger partial charge on any atom is -0.232 e. The molecule has 0 aliphatic rings. The molecular weight excluding hydrogens is 268 g/mol. The van der Waals surface area contributed by atoms with Gasteiger partial charge in [-0.1, -0.05) is 53.0 Å². The first-order chi connectivity index (χ1) is 11.8. The first-order valence-electron chi connectivity index (χ1n) is 8.80. The van der Waals surface area contributed by atoms with Gasteiger partial charge in [-0.15, -0.1) is 0 Å². The number of nitrogens with zero attached hydrogens (tertiary/aromatic N) is 2. The maximum atomic E-state index is 7.94. The van der Waals surface area contributed by atoms with Gasteiger partial charge >= 0.3 is 0 Å². The number of hydrogen-bond donors (Lipinski definition) is 0. The number of aryl methyl sites for hydroxylation is 4. The highest BCUT2D eigenvalue weighted by Gasteiger charge is 2.18. The molecule has 0 fully saturated rings. The molecule has 22 heavy (non-hydrogen) atoms. The lowest BCUT2D eigenvalue weighted by Crippen LogP contribution is -2.32. The van der Waals surface area contributed by atoms with E-state index < -0.39 is 6.85 Å². The molecule has 0 unspecified atom stereocenters. The highest BCUT2D eigenvalue weighted by atomic mass is 15.0. The van der Waals surface area contributed by atoms with Crippen molar-refractivity contribution in [3.05, 3.63) is 71.7 Å². The summed E-state index contributed by atoms with van der Waals surface area (Å²) >= 11 is 0. The maximum absolute atomic E-state index is 7.94. The second kappa shape index (κ2) is 5.72. The summed E-state index contributed by atoms with van der Waals surface area (Å²) in [4.78, 5) is 4.30. The summed E-state index contributed by atoms with van der Waals surface area (Å²) in [6.07, 6.45) is 3.50. The first kappa shape index (κ1) is 11.1. The average Bonchev–Trinajstić information content (AvgIpc) is 2.55. The molecule has 0 bridgehead atoms. The average molecular weight is 292 g/mol. The van der Waals surface area contributed by atoms with Gasteiger partial charge in [0.05, 0.1) is 12.6 Å². The summed E-state index contributed by atoms with van der Waals surface area (Å²) in [7, 11) is 1.93. The largest absolute Gasteiger partial charge is 0.286 e. The Bertz CT molecular complexity index is 930. The van der Waals surface area contributed by atoms with Gasteiger partial charge in [0.2, 0.25) is 0 Å². The fourth-order valence-electron chi connectivity index (χ4n) is 2.78. The van der Waals surface area contributed by atoms with Crippen molar-refractivity contribution in [3.63, 3.8) is 0 Å². The zero-order valence-corrected chi connectivity index (χ0v) is 13.1. The van der Waals surface area contributed by atoms with E-state index in [1.807, 2.05) is 42.8 Å². The zero-order chi connectivity index (χ0) is 18.2. The second-order valence-electron chi connectivity index (χ2n) is 5.63. The molecule has 2 nitrogen and oxygen atoms in total. The van der Waals surface area contributed by atoms with Gasteiger partial charge in [0.15, 0.2) is 6.20 Å². The number of rotatable bonds is 2. The normalized spacial score (nSPS) is 13.3. The maximum Gasteiger partial charge on any atom is 0.286 e. The van der Waals surface area contributed by atoms with E-state index in [-0.39, 0.29) is 0 Å². The smallest absolute Gasteiger partial charge is 0.232 e. The van der Waals surface area contributed by atoms with Gasteiger partial charge in [-0.2, -0.15) is 0 Å². The first-order valence-corrected chi connectivity index (χ1v) is 7.30. The van der Waals surface area contributed by atoms with Gasteiger partial charge in [-0.3, -0.25) is 0 Å². The van der Waals surface area contributed by atoms with Crippen LogP contribution in [-0.2, 0) is 7.05 Å². The van der Waals surface area contributed by atoms with Crippen molar-refractivity contribution in [1.82, 2.24) is 4.98 Å². The predicted molar refractivity (Wildman–Crippen MR) is 90.5 cm³/mol. The van der Waals surface area contributed by atoms with Crippen LogP contribution in [0.1, 0.15) is 20.8 Å². The summed E-state index contributed by atoms with van der Waals surface area (Å²) < 4.78 is 25.8. The molecule has 0 amide bonds. The van der Waals surface area contributed by atoms with Gasteiger partial charge in [-0.05, 0) is 37.4 Å². The molecule has 0 aliphatic heterocycles. The minimum atomic E-state index is -2.18. The molecule has 0 radical (unpaired) electrons. The lowest BCUT2D eigenvalue weighted by atomic mass is 9.94. The van der Waals surface area contributed by atoms with E-state index >= 15 is 0 Å². The predicted octanol–water partition coefficient (Wildman–Crippen LogP) is 4.17. The van der Waals surface area contributed by atoms with Crippen molar-refractivity contribution >= 4 is 0 Å². The molecule has 0 saturated heterocycles. The van der Waals surface area contributed by atoms with Gasteiger partial charge in [0.25, 0.3) is 6.33 Å². The SMILES string of the molecule is [2H]C([2H])([2H])c1cc(C)ccc1-c1cnc[n+](C)c1-c1ccccc1C. The minimum absolute atomic E-state index is 0.357. The molecule has 3 aromatic rings. The fraction of sp³-hybridized carbons (Fsp3) is 0.200. The van der Waals surface area contributed by atoms with E-state index in [0.717, 1.165) is 27.9 Å². The van der Waals surface area contributed by atoms with Gasteiger partial charge < -0.3 is 0 Å². The monoisotopic (exact) mass is 292 g/mol. The molecule has 0 saturated carbocycles. The molecule has 0 spiro atoms. The molecule has 2 heteroatoms. The lowest BCUT2D eigenvalue weighted by Gasteiger charge is -2.13. The van der Waals surface area contributed by atoms with Crippen molar-refractivity contribution in [3.8, 4) is 22.4 Å². The number of aromatic nitrogens is 2. The Hall–Kier alpha value is -2.48. The van der Waals surface area contributed by atoms with Crippen LogP contribution in [0.15, 0.2) is 55.0 Å². The Kier molecular flexibility index (Phi) is 2.90. The van der Waals surface area contributed by atoms with Gasteiger partial charge in [0.1, 0.15) is 5.69 Å². The van der Waals surface area contributed by atoms with Crippen LogP contribution in [-0.4, -0.2) is 4.98 Å². The molecule has 2 aromatic carbocycles. The molecule has 0 atom stereocenters. The van der Waals surface area contributed by atoms with Crippen LogP contribution >= 0.6 is 0 Å². The van der Waals surface area contributed by atoms with Crippen LogP contribution in [0, 0.1) is 20.7 Å². The highest BCUT2D eigenvalue weighted by Crippen LogP contribution is 2.32. The van der Waals surface area contributed by atoms with E-state index in [1.165, 1.54) is 0 Å². The third-order valence-electron chi connectivity index (χ3n) is 3.92. The highest BCUT2D eigenvalue weighted by molar-refractivity contribution is 5.81. The lowest BCUT2D eigenvalue weighted by molar-refractivity contribution is -0.663. The van der Waals surface area contributed by atoms with Crippen molar-refractivity contribution in [2.75, 3.05) is 0 Å². The van der Waals surface area contributed by atoms with E-state index in [2.05, 4.69) is 24.0 Å². The van der Waals surface area contributed by atoms with Crippen LogP contribution in [0.25, 0.3) is 22.4 Å². The Balaban J connectivity index is 2.35. The van der Waals surface area contributed by atoms with E-state index in [4.69, 9.17) is 4.11 Å². The van der Waals surface area contributed by atoms with Crippen LogP contribution in [0.4, 0.5) is 0 Å². The van der Waals surface area contributed by atoms with Crippen LogP contribution in [0.5, 0.6) is 0 Å². The number of hydrogen-bond acceptors (Lipinski definition) is 1. The van der Waals surface area contributed by atoms with E-state index in [0.29, 0.717) is 11.1 Å². The summed E-state index contributed by atoms with van der Waals surface area (Å²) in [6.45, 7) is 1.78. The van der Waals surface area contributed by atoms with Crippen molar-refractivity contribution in [1.29, 1.82) is 0 Å². The zero-order valence-electron chi connectivity index (χ0n) is 16.1. The molecule has 1 aromatic heterocycles. The number of benzene rings is 2. The van der Waals surface area contributed by atoms with Crippen molar-refractivity contribution < 1.29 is 8.68 Å². The molecule has 110 valence electrons. The molecule has 3 rings (SSSR count). The van der Waals surface area contributed by atoms with Gasteiger partial charge in [-0.25, -0.2) is 4.57 Å². The summed E-state index contributed by atoms with van der Waals surface area (Å²) in [5.74, 6) is 0. The quantitative estimate of drug-likeness (QED) is 0.648. The summed E-state index contributed by atoms with van der Waals surface area (Å²) in [5.41, 5.74) is 5.98. The molecular formula is C20H21N2+. The third kappa shape index (κ3) is 2.52. The summed E-state index contributed by atoms with van der Waals surface area (Å²) in [5, 5.41) is 0. The van der Waals surface area contributed by atoms with Gasteiger partial charge in [0, 0.05) is 9.68 Å². The second-order valence-corrected chi connectivity index (χ2v) is 5.63. The van der Waals surface area contributed by atoms with E-state index in [1.54, 1.807) is 18.6 Å². The Morgan fingerprint density at radius 1 is 0.955 bits per heavy atom. The molecule has 0 aliphatic carbocycles. The third-order valence-corrected chi connectivity index (χ3v) is 3.92. The Morgan fingerprint density at radius 2 is 1.77 bits per heavy atom. The van der Waals surface area contributed by atoms with Crippen LogP contribution < -0.4 is 4.57 Å². The van der Waals surface area contributed by atoms with Crippen LogP contribution in [0.2, 0.25) is 0 Å². The molecule has 1 heterocycles. The topological polar surface area (TPSA) is 16.8 Å². The van der Waals surface area contributed by atoms with Crippen molar-refractivity contribution in [2.24, 2.45) is 7.05 Å². The summed E-state index contributed by atoms with van der Waals surface area (Å²) in [6, 6.07) is 13.7. The standard InChI is InChI=1S/C20H21N2/c1-14-9-10-17(16(3)11-14)19-12-21-13-22(4)20(19)18-8-6-5-7-15(18)2/h5-13H,1-4H3/q+1/i3D3. The molecule has 0 N–H and O–H groups in total. The Labute approximate surface area is 136 Å².